The van der Waals surface area contributed by atoms with Crippen LogP contribution in [0.4, 0.5) is 5.69 Å². The molecular formula is C17H16ClNO4. The minimum Gasteiger partial charge on any atom is -0.481 e. The van der Waals surface area contributed by atoms with Gasteiger partial charge in [-0.3, -0.25) is 4.79 Å². The van der Waals surface area contributed by atoms with Crippen LogP contribution in [0.25, 0.3) is 0 Å². The highest BCUT2D eigenvalue weighted by atomic mass is 35.5. The summed E-state index contributed by atoms with van der Waals surface area (Å²) in [6.07, 6.45) is -0.653. The first-order valence-corrected chi connectivity index (χ1v) is 7.54. The van der Waals surface area contributed by atoms with Crippen LogP contribution in [-0.2, 0) is 4.79 Å². The van der Waals surface area contributed by atoms with Gasteiger partial charge in [0, 0.05) is 16.8 Å². The second-order valence-corrected chi connectivity index (χ2v) is 5.66. The van der Waals surface area contributed by atoms with Gasteiger partial charge in [0.15, 0.2) is 17.6 Å². The summed E-state index contributed by atoms with van der Waals surface area (Å²) < 4.78 is 16.2. The molecule has 0 saturated heterocycles. The highest BCUT2D eigenvalue weighted by Gasteiger charge is 2.18. The Morgan fingerprint density at radius 2 is 2.00 bits per heavy atom. The summed E-state index contributed by atoms with van der Waals surface area (Å²) in [5.74, 6) is 1.66. The normalized spacial score (nSPS) is 13.5. The molecule has 1 unspecified atom stereocenters. The quantitative estimate of drug-likeness (QED) is 0.925. The van der Waals surface area contributed by atoms with E-state index < -0.39 is 6.10 Å². The standard InChI is InChI=1S/C17H16ClNO4/c1-10-7-12(18)3-5-14(10)23-11(2)17(20)19-13-4-6-15-16(8-13)22-9-21-15/h3-8,11H,9H2,1-2H3,(H,19,20). The molecule has 0 aromatic heterocycles. The van der Waals surface area contributed by atoms with Crippen LogP contribution in [0, 0.1) is 6.92 Å². The summed E-state index contributed by atoms with van der Waals surface area (Å²) in [7, 11) is 0. The predicted octanol–water partition coefficient (Wildman–Crippen LogP) is 3.78. The molecule has 3 rings (SSSR count). The molecule has 6 heteroatoms. The van der Waals surface area contributed by atoms with Gasteiger partial charge in [-0.25, -0.2) is 0 Å². The molecule has 1 heterocycles. The highest BCUT2D eigenvalue weighted by molar-refractivity contribution is 6.30. The minimum atomic E-state index is -0.653. The topological polar surface area (TPSA) is 56.8 Å². The minimum absolute atomic E-state index is 0.197. The zero-order valence-electron chi connectivity index (χ0n) is 12.8. The fourth-order valence-electron chi connectivity index (χ4n) is 2.21. The van der Waals surface area contributed by atoms with Crippen molar-refractivity contribution in [3.8, 4) is 17.2 Å². The molecule has 120 valence electrons. The Balaban J connectivity index is 1.65. The fraction of sp³-hybridized carbons (Fsp3) is 0.235. The fourth-order valence-corrected chi connectivity index (χ4v) is 2.43. The first kappa shape index (κ1) is 15.5. The number of halogens is 1. The summed E-state index contributed by atoms with van der Waals surface area (Å²) in [6.45, 7) is 3.77. The highest BCUT2D eigenvalue weighted by Crippen LogP contribution is 2.34. The second-order valence-electron chi connectivity index (χ2n) is 5.23. The molecule has 0 saturated carbocycles. The maximum absolute atomic E-state index is 12.3. The molecule has 1 N–H and O–H groups in total. The van der Waals surface area contributed by atoms with Crippen LogP contribution >= 0.6 is 11.6 Å². The number of anilines is 1. The lowest BCUT2D eigenvalue weighted by Crippen LogP contribution is -2.30. The van der Waals surface area contributed by atoms with Gasteiger partial charge in [-0.05, 0) is 49.7 Å². The van der Waals surface area contributed by atoms with Gasteiger partial charge in [0.25, 0.3) is 5.91 Å². The molecule has 1 atom stereocenters. The molecule has 0 radical (unpaired) electrons. The average molecular weight is 334 g/mol. The summed E-state index contributed by atoms with van der Waals surface area (Å²) >= 11 is 5.91. The van der Waals surface area contributed by atoms with Crippen molar-refractivity contribution in [2.45, 2.75) is 20.0 Å². The first-order chi connectivity index (χ1) is 11.0. The van der Waals surface area contributed by atoms with E-state index in [0.29, 0.717) is 28.0 Å². The van der Waals surface area contributed by atoms with E-state index in [1.807, 2.05) is 6.92 Å². The van der Waals surface area contributed by atoms with Gasteiger partial charge in [-0.2, -0.15) is 0 Å². The molecule has 1 aliphatic rings. The van der Waals surface area contributed by atoms with E-state index in [0.717, 1.165) is 5.56 Å². The number of hydrogen-bond donors (Lipinski definition) is 1. The summed E-state index contributed by atoms with van der Waals surface area (Å²) in [5.41, 5.74) is 1.50. The van der Waals surface area contributed by atoms with E-state index in [9.17, 15) is 4.79 Å². The van der Waals surface area contributed by atoms with Gasteiger partial charge in [0.1, 0.15) is 5.75 Å². The van der Waals surface area contributed by atoms with Crippen molar-refractivity contribution in [3.05, 3.63) is 47.0 Å². The molecule has 5 nitrogen and oxygen atoms in total. The van der Waals surface area contributed by atoms with Gasteiger partial charge in [0.2, 0.25) is 6.79 Å². The smallest absolute Gasteiger partial charge is 0.265 e. The monoisotopic (exact) mass is 333 g/mol. The molecule has 1 amide bonds. The van der Waals surface area contributed by atoms with Gasteiger partial charge < -0.3 is 19.5 Å². The van der Waals surface area contributed by atoms with Gasteiger partial charge in [0.05, 0.1) is 0 Å². The number of rotatable bonds is 4. The largest absolute Gasteiger partial charge is 0.481 e. The van der Waals surface area contributed by atoms with Crippen LogP contribution in [0.15, 0.2) is 36.4 Å². The van der Waals surface area contributed by atoms with E-state index in [-0.39, 0.29) is 12.7 Å². The molecule has 2 aromatic rings. The van der Waals surface area contributed by atoms with E-state index in [1.54, 1.807) is 43.3 Å². The van der Waals surface area contributed by atoms with Crippen LogP contribution in [0.1, 0.15) is 12.5 Å². The summed E-state index contributed by atoms with van der Waals surface area (Å²) in [5, 5.41) is 3.43. The zero-order chi connectivity index (χ0) is 16.4. The van der Waals surface area contributed by atoms with E-state index >= 15 is 0 Å². The van der Waals surface area contributed by atoms with Crippen molar-refractivity contribution in [1.29, 1.82) is 0 Å². The average Bonchev–Trinajstić information content (AvgIpc) is 2.97. The van der Waals surface area contributed by atoms with Crippen LogP contribution in [0.3, 0.4) is 0 Å². The molecule has 23 heavy (non-hydrogen) atoms. The first-order valence-electron chi connectivity index (χ1n) is 7.16. The maximum atomic E-state index is 12.3. The van der Waals surface area contributed by atoms with E-state index in [4.69, 9.17) is 25.8 Å². The zero-order valence-corrected chi connectivity index (χ0v) is 13.5. The number of nitrogens with one attached hydrogen (secondary N) is 1. The lowest BCUT2D eigenvalue weighted by atomic mass is 10.2. The Morgan fingerprint density at radius 1 is 1.22 bits per heavy atom. The Hall–Kier alpha value is -2.40. The van der Waals surface area contributed by atoms with E-state index in [1.165, 1.54) is 0 Å². The SMILES string of the molecule is Cc1cc(Cl)ccc1OC(C)C(=O)Nc1ccc2c(c1)OCO2. The van der Waals surface area contributed by atoms with Crippen molar-refractivity contribution in [3.63, 3.8) is 0 Å². The Morgan fingerprint density at radius 3 is 2.78 bits per heavy atom. The molecule has 2 aromatic carbocycles. The number of benzene rings is 2. The molecule has 0 aliphatic carbocycles. The summed E-state index contributed by atoms with van der Waals surface area (Å²) in [6, 6.07) is 10.5. The van der Waals surface area contributed by atoms with Crippen molar-refractivity contribution >= 4 is 23.2 Å². The van der Waals surface area contributed by atoms with Crippen LogP contribution < -0.4 is 19.5 Å². The van der Waals surface area contributed by atoms with Crippen molar-refractivity contribution in [2.75, 3.05) is 12.1 Å². The number of carbonyl (C=O) groups is 1. The molecule has 0 bridgehead atoms. The van der Waals surface area contributed by atoms with Crippen LogP contribution in [0.5, 0.6) is 17.2 Å². The van der Waals surface area contributed by atoms with Crippen molar-refractivity contribution < 1.29 is 19.0 Å². The van der Waals surface area contributed by atoms with Crippen molar-refractivity contribution in [2.24, 2.45) is 0 Å². The number of carbonyl (C=O) groups excluding carboxylic acids is 1. The molecule has 0 spiro atoms. The number of ether oxygens (including phenoxy) is 3. The Kier molecular flexibility index (Phi) is 4.30. The number of amides is 1. The molecule has 0 fully saturated rings. The summed E-state index contributed by atoms with van der Waals surface area (Å²) in [4.78, 5) is 12.3. The Labute approximate surface area is 139 Å². The van der Waals surface area contributed by atoms with E-state index in [2.05, 4.69) is 5.32 Å². The van der Waals surface area contributed by atoms with Gasteiger partial charge in [-0.15, -0.1) is 0 Å². The maximum Gasteiger partial charge on any atom is 0.265 e. The van der Waals surface area contributed by atoms with Gasteiger partial charge in [-0.1, -0.05) is 11.6 Å². The molecule has 1 aliphatic heterocycles. The number of aryl methyl sites for hydroxylation is 1. The van der Waals surface area contributed by atoms with Crippen LogP contribution in [0.2, 0.25) is 5.02 Å². The lowest BCUT2D eigenvalue weighted by Gasteiger charge is -2.16. The van der Waals surface area contributed by atoms with Crippen LogP contribution in [-0.4, -0.2) is 18.8 Å². The third-order valence-corrected chi connectivity index (χ3v) is 3.69. The Bertz CT molecular complexity index is 747. The predicted molar refractivity (Wildman–Crippen MR) is 87.5 cm³/mol. The third-order valence-electron chi connectivity index (χ3n) is 3.45. The molecular weight excluding hydrogens is 318 g/mol. The second kappa shape index (κ2) is 6.38. The van der Waals surface area contributed by atoms with Crippen molar-refractivity contribution in [1.82, 2.24) is 0 Å². The van der Waals surface area contributed by atoms with Gasteiger partial charge >= 0.3 is 0 Å². The number of hydrogen-bond acceptors (Lipinski definition) is 4. The lowest BCUT2D eigenvalue weighted by molar-refractivity contribution is -0.122. The number of fused-ring (bicyclic) bond motifs is 1. The third kappa shape index (κ3) is 3.51.